The van der Waals surface area contributed by atoms with E-state index in [0.29, 0.717) is 36.5 Å². The Balaban J connectivity index is 1.84. The van der Waals surface area contributed by atoms with E-state index in [-0.39, 0.29) is 18.6 Å². The Morgan fingerprint density at radius 1 is 1.38 bits per heavy atom. The highest BCUT2D eigenvalue weighted by Gasteiger charge is 2.36. The number of carbonyl (C=O) groups is 2. The van der Waals surface area contributed by atoms with Crippen molar-refractivity contribution < 1.29 is 24.2 Å². The molecule has 128 valence electrons. The van der Waals surface area contributed by atoms with Crippen molar-refractivity contribution >= 4 is 18.0 Å². The van der Waals surface area contributed by atoms with E-state index < -0.39 is 11.9 Å². The monoisotopic (exact) mass is 331 g/mol. The van der Waals surface area contributed by atoms with Gasteiger partial charge in [-0.15, -0.1) is 0 Å². The molecule has 1 aromatic rings. The van der Waals surface area contributed by atoms with Gasteiger partial charge in [-0.05, 0) is 44.0 Å². The van der Waals surface area contributed by atoms with Gasteiger partial charge in [0.2, 0.25) is 0 Å². The number of benzene rings is 1. The van der Waals surface area contributed by atoms with Crippen molar-refractivity contribution in [2.45, 2.75) is 25.8 Å². The van der Waals surface area contributed by atoms with Gasteiger partial charge in [0.1, 0.15) is 18.1 Å². The molecule has 1 saturated heterocycles. The summed E-state index contributed by atoms with van der Waals surface area (Å²) in [5, 5.41) is 9.32. The number of ether oxygens (including phenoxy) is 2. The molecule has 0 aromatic heterocycles. The number of aliphatic carboxylic acids is 1. The Kier molecular flexibility index (Phi) is 4.46. The maximum absolute atomic E-state index is 12.8. The number of rotatable bonds is 3. The molecule has 2 aliphatic rings. The molecule has 1 aromatic carbocycles. The second-order valence-electron chi connectivity index (χ2n) is 6.19. The predicted molar refractivity (Wildman–Crippen MR) is 88.0 cm³/mol. The van der Waals surface area contributed by atoms with Crippen LogP contribution in [0.15, 0.2) is 23.8 Å². The van der Waals surface area contributed by atoms with Crippen LogP contribution in [0.5, 0.6) is 11.5 Å². The number of methoxy groups -OCH3 is 1. The SMILES string of the molecule is COc1ccc2c(c1)C=C(C(=O)N1CCC[C@H](C(=O)O)[C@@H]1C)CO2. The minimum Gasteiger partial charge on any atom is -0.497 e. The number of carbonyl (C=O) groups excluding carboxylic acids is 1. The molecular formula is C18H21NO5. The summed E-state index contributed by atoms with van der Waals surface area (Å²) in [6.07, 6.45) is 3.11. The van der Waals surface area contributed by atoms with Crippen molar-refractivity contribution in [2.75, 3.05) is 20.3 Å². The largest absolute Gasteiger partial charge is 0.497 e. The Morgan fingerprint density at radius 3 is 2.88 bits per heavy atom. The third kappa shape index (κ3) is 2.96. The van der Waals surface area contributed by atoms with Gasteiger partial charge in [0.05, 0.1) is 18.6 Å². The van der Waals surface area contributed by atoms with Crippen LogP contribution in [0.2, 0.25) is 0 Å². The fourth-order valence-electron chi connectivity index (χ4n) is 3.35. The van der Waals surface area contributed by atoms with Crippen LogP contribution in [0.4, 0.5) is 0 Å². The van der Waals surface area contributed by atoms with Crippen molar-refractivity contribution in [3.8, 4) is 11.5 Å². The third-order valence-electron chi connectivity index (χ3n) is 4.77. The van der Waals surface area contributed by atoms with Gasteiger partial charge in [0.15, 0.2) is 0 Å². The van der Waals surface area contributed by atoms with E-state index in [2.05, 4.69) is 0 Å². The van der Waals surface area contributed by atoms with Gasteiger partial charge in [-0.3, -0.25) is 9.59 Å². The summed E-state index contributed by atoms with van der Waals surface area (Å²) in [5.41, 5.74) is 1.33. The number of hydrogen-bond donors (Lipinski definition) is 1. The number of fused-ring (bicyclic) bond motifs is 1. The first-order valence-corrected chi connectivity index (χ1v) is 8.06. The van der Waals surface area contributed by atoms with Gasteiger partial charge in [0, 0.05) is 18.2 Å². The molecule has 2 atom stereocenters. The van der Waals surface area contributed by atoms with Crippen molar-refractivity contribution in [3.63, 3.8) is 0 Å². The maximum atomic E-state index is 12.8. The molecule has 2 aliphatic heterocycles. The van der Waals surface area contributed by atoms with Gasteiger partial charge >= 0.3 is 5.97 Å². The average Bonchev–Trinajstić information content (AvgIpc) is 2.60. The molecule has 6 nitrogen and oxygen atoms in total. The Hall–Kier alpha value is -2.50. The quantitative estimate of drug-likeness (QED) is 0.919. The molecule has 2 heterocycles. The highest BCUT2D eigenvalue weighted by molar-refractivity contribution is 5.99. The van der Waals surface area contributed by atoms with E-state index in [4.69, 9.17) is 9.47 Å². The number of carboxylic acid groups (broad SMARTS) is 1. The number of hydrogen-bond acceptors (Lipinski definition) is 4. The number of carboxylic acids is 1. The molecule has 0 saturated carbocycles. The van der Waals surface area contributed by atoms with Crippen molar-refractivity contribution in [3.05, 3.63) is 29.3 Å². The summed E-state index contributed by atoms with van der Waals surface area (Å²) in [6, 6.07) is 5.12. The molecule has 0 aliphatic carbocycles. The zero-order valence-corrected chi connectivity index (χ0v) is 13.8. The van der Waals surface area contributed by atoms with Gasteiger partial charge in [0.25, 0.3) is 5.91 Å². The second kappa shape index (κ2) is 6.55. The number of likely N-dealkylation sites (tertiary alicyclic amines) is 1. The lowest BCUT2D eigenvalue weighted by Crippen LogP contribution is -2.50. The smallest absolute Gasteiger partial charge is 0.308 e. The van der Waals surface area contributed by atoms with Crippen molar-refractivity contribution in [1.82, 2.24) is 4.90 Å². The minimum atomic E-state index is -0.844. The summed E-state index contributed by atoms with van der Waals surface area (Å²) in [7, 11) is 1.59. The van der Waals surface area contributed by atoms with Crippen LogP contribution in [-0.2, 0) is 9.59 Å². The van der Waals surface area contributed by atoms with Crippen LogP contribution >= 0.6 is 0 Å². The average molecular weight is 331 g/mol. The van der Waals surface area contributed by atoms with Crippen LogP contribution in [0, 0.1) is 5.92 Å². The normalized spacial score (nSPS) is 22.9. The first kappa shape index (κ1) is 16.4. The molecule has 0 unspecified atom stereocenters. The zero-order valence-electron chi connectivity index (χ0n) is 13.8. The second-order valence-corrected chi connectivity index (χ2v) is 6.19. The molecule has 1 N–H and O–H groups in total. The van der Waals surface area contributed by atoms with Gasteiger partial charge < -0.3 is 19.5 Å². The number of nitrogens with zero attached hydrogens (tertiary/aromatic N) is 1. The highest BCUT2D eigenvalue weighted by atomic mass is 16.5. The molecule has 6 heteroatoms. The summed E-state index contributed by atoms with van der Waals surface area (Å²) < 4.78 is 10.9. The fourth-order valence-corrected chi connectivity index (χ4v) is 3.35. The summed E-state index contributed by atoms with van der Waals surface area (Å²) >= 11 is 0. The molecular weight excluding hydrogens is 310 g/mol. The first-order valence-electron chi connectivity index (χ1n) is 8.06. The van der Waals surface area contributed by atoms with Gasteiger partial charge in [-0.2, -0.15) is 0 Å². The van der Waals surface area contributed by atoms with E-state index in [1.807, 2.05) is 18.2 Å². The van der Waals surface area contributed by atoms with E-state index in [0.717, 1.165) is 5.56 Å². The summed E-state index contributed by atoms with van der Waals surface area (Å²) in [4.78, 5) is 25.9. The Morgan fingerprint density at radius 2 is 2.17 bits per heavy atom. The van der Waals surface area contributed by atoms with Crippen LogP contribution < -0.4 is 9.47 Å². The van der Waals surface area contributed by atoms with Crippen LogP contribution in [-0.4, -0.2) is 48.2 Å². The third-order valence-corrected chi connectivity index (χ3v) is 4.77. The van der Waals surface area contributed by atoms with Gasteiger partial charge in [-0.25, -0.2) is 0 Å². The number of amides is 1. The molecule has 1 amide bonds. The Bertz CT molecular complexity index is 697. The standard InChI is InChI=1S/C18H21NO5/c1-11-15(18(21)22)4-3-7-19(11)17(20)13-8-12-9-14(23-2)5-6-16(12)24-10-13/h5-6,8-9,11,15H,3-4,7,10H2,1-2H3,(H,21,22)/t11-,15-/m0/s1. The lowest BCUT2D eigenvalue weighted by atomic mass is 9.89. The van der Waals surface area contributed by atoms with E-state index in [1.54, 1.807) is 25.0 Å². The zero-order chi connectivity index (χ0) is 17.3. The highest BCUT2D eigenvalue weighted by Crippen LogP contribution is 2.32. The van der Waals surface area contributed by atoms with E-state index >= 15 is 0 Å². The lowest BCUT2D eigenvalue weighted by molar-refractivity contribution is -0.148. The molecule has 0 spiro atoms. The molecule has 24 heavy (non-hydrogen) atoms. The fraction of sp³-hybridized carbons (Fsp3) is 0.444. The molecule has 0 bridgehead atoms. The van der Waals surface area contributed by atoms with Gasteiger partial charge in [-0.1, -0.05) is 0 Å². The maximum Gasteiger partial charge on any atom is 0.308 e. The molecule has 1 fully saturated rings. The molecule has 3 rings (SSSR count). The Labute approximate surface area is 140 Å². The summed E-state index contributed by atoms with van der Waals surface area (Å²) in [5.74, 6) is -0.104. The van der Waals surface area contributed by atoms with E-state index in [9.17, 15) is 14.7 Å². The van der Waals surface area contributed by atoms with Crippen molar-refractivity contribution in [1.29, 1.82) is 0 Å². The summed E-state index contributed by atoms with van der Waals surface area (Å²) in [6.45, 7) is 2.57. The number of piperidine rings is 1. The minimum absolute atomic E-state index is 0.151. The van der Waals surface area contributed by atoms with E-state index in [1.165, 1.54) is 0 Å². The topological polar surface area (TPSA) is 76.1 Å². The first-order chi connectivity index (χ1) is 11.5. The lowest BCUT2D eigenvalue weighted by Gasteiger charge is -2.38. The van der Waals surface area contributed by atoms with Crippen LogP contribution in [0.3, 0.4) is 0 Å². The molecule has 0 radical (unpaired) electrons. The predicted octanol–water partition coefficient (Wildman–Crippen LogP) is 2.18. The van der Waals surface area contributed by atoms with Crippen LogP contribution in [0.25, 0.3) is 6.08 Å². The van der Waals surface area contributed by atoms with Crippen LogP contribution in [0.1, 0.15) is 25.3 Å². The van der Waals surface area contributed by atoms with Crippen molar-refractivity contribution in [2.24, 2.45) is 5.92 Å².